The van der Waals surface area contributed by atoms with E-state index >= 15 is 0 Å². The van der Waals surface area contributed by atoms with E-state index in [-0.39, 0.29) is 24.8 Å². The summed E-state index contributed by atoms with van der Waals surface area (Å²) in [5, 5.41) is 0. The van der Waals surface area contributed by atoms with Crippen LogP contribution in [-0.4, -0.2) is 17.4 Å². The summed E-state index contributed by atoms with van der Waals surface area (Å²) in [5.74, 6) is 0.658. The second-order valence-corrected chi connectivity index (χ2v) is 2.53. The molecule has 3 nitrogen and oxygen atoms in total. The molecule has 0 unspecified atom stereocenters. The van der Waals surface area contributed by atoms with Crippen molar-refractivity contribution in [3.8, 4) is 5.75 Å². The number of halogens is 1. The van der Waals surface area contributed by atoms with E-state index in [2.05, 4.69) is 4.98 Å². The van der Waals surface area contributed by atoms with Gasteiger partial charge >= 0.3 is 0 Å². The van der Waals surface area contributed by atoms with E-state index in [1.807, 2.05) is 6.92 Å². The van der Waals surface area contributed by atoms with Crippen molar-refractivity contribution >= 4 is 18.2 Å². The minimum atomic E-state index is 0. The number of aryl methyl sites for hydroxylation is 1. The van der Waals surface area contributed by atoms with Crippen molar-refractivity contribution in [2.24, 2.45) is 0 Å². The zero-order valence-electron chi connectivity index (χ0n) is 6.53. The van der Waals surface area contributed by atoms with Crippen LogP contribution in [0, 0.1) is 6.92 Å². The van der Waals surface area contributed by atoms with Gasteiger partial charge in [-0.05, 0) is 13.0 Å². The van der Waals surface area contributed by atoms with Gasteiger partial charge < -0.3 is 4.74 Å². The number of Topliss-reactive ketones (excluding diaryl/α,β-unsaturated/α-hetero) is 1. The molecule has 64 valence electrons. The molecule has 1 aliphatic heterocycles. The number of hydrogen-bond donors (Lipinski definition) is 0. The standard InChI is InChI=1S/C8H7NO2.ClH/c1-5-2-6-7(10)4-11-8(6)3-9-5;/h2-3H,4H2,1H3;1H. The highest BCUT2D eigenvalue weighted by Gasteiger charge is 2.20. The Bertz CT molecular complexity index is 325. The van der Waals surface area contributed by atoms with Crippen molar-refractivity contribution in [1.82, 2.24) is 4.98 Å². The highest BCUT2D eigenvalue weighted by molar-refractivity contribution is 6.02. The molecule has 0 saturated heterocycles. The van der Waals surface area contributed by atoms with Crippen LogP contribution in [0.1, 0.15) is 16.1 Å². The first kappa shape index (κ1) is 9.00. The molecule has 0 atom stereocenters. The van der Waals surface area contributed by atoms with E-state index in [9.17, 15) is 4.79 Å². The normalized spacial score (nSPS) is 13.2. The molecule has 2 rings (SSSR count). The summed E-state index contributed by atoms with van der Waals surface area (Å²) in [7, 11) is 0. The molecule has 1 aromatic rings. The fraction of sp³-hybridized carbons (Fsp3) is 0.250. The summed E-state index contributed by atoms with van der Waals surface area (Å²) in [6.45, 7) is 2.02. The highest BCUT2D eigenvalue weighted by Crippen LogP contribution is 2.23. The number of rotatable bonds is 0. The Balaban J connectivity index is 0.000000720. The number of ether oxygens (including phenoxy) is 1. The van der Waals surface area contributed by atoms with Gasteiger partial charge in [-0.15, -0.1) is 12.4 Å². The number of pyridine rings is 1. The Morgan fingerprint density at radius 3 is 3.08 bits per heavy atom. The largest absolute Gasteiger partial charge is 0.483 e. The first-order valence-corrected chi connectivity index (χ1v) is 3.40. The Labute approximate surface area is 76.2 Å². The van der Waals surface area contributed by atoms with E-state index in [1.165, 1.54) is 0 Å². The Kier molecular flexibility index (Phi) is 2.33. The van der Waals surface area contributed by atoms with Gasteiger partial charge in [-0.2, -0.15) is 0 Å². The van der Waals surface area contributed by atoms with Gasteiger partial charge in [0.15, 0.2) is 6.61 Å². The lowest BCUT2D eigenvalue weighted by atomic mass is 10.2. The average molecular weight is 186 g/mol. The minimum absolute atomic E-state index is 0. The zero-order chi connectivity index (χ0) is 7.84. The van der Waals surface area contributed by atoms with Crippen LogP contribution in [0.25, 0.3) is 0 Å². The molecule has 1 aromatic heterocycles. The summed E-state index contributed by atoms with van der Waals surface area (Å²) >= 11 is 0. The number of nitrogens with zero attached hydrogens (tertiary/aromatic N) is 1. The second-order valence-electron chi connectivity index (χ2n) is 2.53. The molecule has 0 saturated carbocycles. The first-order chi connectivity index (χ1) is 5.27. The number of carbonyl (C=O) groups is 1. The maximum atomic E-state index is 11.1. The van der Waals surface area contributed by atoms with Gasteiger partial charge in [0, 0.05) is 5.69 Å². The lowest BCUT2D eigenvalue weighted by Gasteiger charge is -1.95. The van der Waals surface area contributed by atoms with Gasteiger partial charge in [-0.25, -0.2) is 0 Å². The zero-order valence-corrected chi connectivity index (χ0v) is 7.35. The predicted molar refractivity (Wildman–Crippen MR) is 46.0 cm³/mol. The summed E-state index contributed by atoms with van der Waals surface area (Å²) in [4.78, 5) is 15.1. The molecule has 4 heteroatoms. The summed E-state index contributed by atoms with van der Waals surface area (Å²) in [5.41, 5.74) is 1.51. The molecule has 0 bridgehead atoms. The van der Waals surface area contributed by atoms with Gasteiger partial charge in [0.2, 0.25) is 5.78 Å². The summed E-state index contributed by atoms with van der Waals surface area (Å²) < 4.78 is 5.05. The van der Waals surface area contributed by atoms with Crippen molar-refractivity contribution in [2.75, 3.05) is 6.61 Å². The fourth-order valence-electron chi connectivity index (χ4n) is 1.10. The third kappa shape index (κ3) is 1.28. The van der Waals surface area contributed by atoms with Gasteiger partial charge in [0.05, 0.1) is 11.8 Å². The van der Waals surface area contributed by atoms with Crippen molar-refractivity contribution in [1.29, 1.82) is 0 Å². The van der Waals surface area contributed by atoms with Crippen LogP contribution in [0.4, 0.5) is 0 Å². The molecule has 0 spiro atoms. The Morgan fingerprint density at radius 2 is 2.33 bits per heavy atom. The molecule has 0 N–H and O–H groups in total. The number of fused-ring (bicyclic) bond motifs is 1. The number of aromatic nitrogens is 1. The van der Waals surface area contributed by atoms with Crippen LogP contribution < -0.4 is 4.74 Å². The van der Waals surface area contributed by atoms with Crippen LogP contribution in [0.5, 0.6) is 5.75 Å². The molecule has 12 heavy (non-hydrogen) atoms. The van der Waals surface area contributed by atoms with E-state index in [1.54, 1.807) is 12.3 Å². The molecule has 2 heterocycles. The van der Waals surface area contributed by atoms with Gasteiger partial charge in [-0.3, -0.25) is 9.78 Å². The van der Waals surface area contributed by atoms with Crippen molar-refractivity contribution < 1.29 is 9.53 Å². The quantitative estimate of drug-likeness (QED) is 0.613. The first-order valence-electron chi connectivity index (χ1n) is 3.40. The maximum Gasteiger partial charge on any atom is 0.204 e. The minimum Gasteiger partial charge on any atom is -0.483 e. The van der Waals surface area contributed by atoms with Crippen molar-refractivity contribution in [3.63, 3.8) is 0 Å². The summed E-state index contributed by atoms with van der Waals surface area (Å²) in [6.07, 6.45) is 1.59. The molecular formula is C8H8ClNO2. The third-order valence-electron chi connectivity index (χ3n) is 1.66. The highest BCUT2D eigenvalue weighted by atomic mass is 35.5. The SMILES string of the molecule is Cc1cc2c(cn1)OCC2=O.Cl. The van der Waals surface area contributed by atoms with Crippen LogP contribution >= 0.6 is 12.4 Å². The van der Waals surface area contributed by atoms with E-state index in [0.29, 0.717) is 11.3 Å². The fourth-order valence-corrected chi connectivity index (χ4v) is 1.10. The predicted octanol–water partition coefficient (Wildman–Crippen LogP) is 1.39. The summed E-state index contributed by atoms with van der Waals surface area (Å²) in [6, 6.07) is 1.75. The molecule has 0 fully saturated rings. The lowest BCUT2D eigenvalue weighted by Crippen LogP contribution is -1.98. The molecular weight excluding hydrogens is 178 g/mol. The topological polar surface area (TPSA) is 39.2 Å². The van der Waals surface area contributed by atoms with Crippen molar-refractivity contribution in [3.05, 3.63) is 23.5 Å². The molecule has 1 aliphatic rings. The van der Waals surface area contributed by atoms with Crippen LogP contribution in [0.3, 0.4) is 0 Å². The molecule has 0 aromatic carbocycles. The second kappa shape index (κ2) is 3.11. The van der Waals surface area contributed by atoms with Crippen LogP contribution in [0.2, 0.25) is 0 Å². The Morgan fingerprint density at radius 1 is 1.58 bits per heavy atom. The number of ketones is 1. The molecule has 0 amide bonds. The van der Waals surface area contributed by atoms with Crippen LogP contribution in [-0.2, 0) is 0 Å². The molecule has 0 radical (unpaired) electrons. The van der Waals surface area contributed by atoms with Gasteiger partial charge in [-0.1, -0.05) is 0 Å². The average Bonchev–Trinajstić information content (AvgIpc) is 2.33. The van der Waals surface area contributed by atoms with E-state index < -0.39 is 0 Å². The number of hydrogen-bond acceptors (Lipinski definition) is 3. The van der Waals surface area contributed by atoms with E-state index in [0.717, 1.165) is 5.69 Å². The Hall–Kier alpha value is -1.09. The molecule has 0 aliphatic carbocycles. The monoisotopic (exact) mass is 185 g/mol. The van der Waals surface area contributed by atoms with Crippen molar-refractivity contribution in [2.45, 2.75) is 6.92 Å². The lowest BCUT2D eigenvalue weighted by molar-refractivity contribution is 0.0961. The van der Waals surface area contributed by atoms with Crippen LogP contribution in [0.15, 0.2) is 12.3 Å². The smallest absolute Gasteiger partial charge is 0.204 e. The maximum absolute atomic E-state index is 11.1. The third-order valence-corrected chi connectivity index (χ3v) is 1.66. The number of carbonyl (C=O) groups excluding carboxylic acids is 1. The van der Waals surface area contributed by atoms with E-state index in [4.69, 9.17) is 4.74 Å². The van der Waals surface area contributed by atoms with Gasteiger partial charge in [0.1, 0.15) is 5.75 Å². The van der Waals surface area contributed by atoms with Gasteiger partial charge in [0.25, 0.3) is 0 Å².